The number of carbonyl (C=O) groups is 1. The Morgan fingerprint density at radius 1 is 1.38 bits per heavy atom. The summed E-state index contributed by atoms with van der Waals surface area (Å²) in [5.74, 6) is -0.0971. The number of hydrogen-bond donors (Lipinski definition) is 2. The van der Waals surface area contributed by atoms with Crippen molar-refractivity contribution < 1.29 is 4.79 Å². The lowest BCUT2D eigenvalue weighted by atomic mass is 10.1. The van der Waals surface area contributed by atoms with Crippen molar-refractivity contribution in [3.05, 3.63) is 40.4 Å². The van der Waals surface area contributed by atoms with Crippen LogP contribution in [0.1, 0.15) is 23.3 Å². The lowest BCUT2D eigenvalue weighted by molar-refractivity contribution is 0.0926. The van der Waals surface area contributed by atoms with Gasteiger partial charge in [-0.2, -0.15) is 0 Å². The molecule has 1 saturated heterocycles. The van der Waals surface area contributed by atoms with Gasteiger partial charge < -0.3 is 10.6 Å². The van der Waals surface area contributed by atoms with Crippen LogP contribution < -0.4 is 10.6 Å². The molecule has 2 N–H and O–H groups in total. The van der Waals surface area contributed by atoms with E-state index >= 15 is 0 Å². The molecule has 0 spiro atoms. The highest BCUT2D eigenvalue weighted by molar-refractivity contribution is 7.13. The predicted octanol–water partition coefficient (Wildman–Crippen LogP) is 2.95. The van der Waals surface area contributed by atoms with Crippen LogP contribution in [0.5, 0.6) is 0 Å². The second-order valence-corrected chi connectivity index (χ2v) is 6.36. The molecular weight excluding hydrogens is 306 g/mol. The molecule has 1 unspecified atom stereocenters. The number of nitrogens with one attached hydrogen (secondary N) is 2. The second-order valence-electron chi connectivity index (χ2n) is 5.06. The molecule has 3 rings (SSSR count). The first-order valence-electron chi connectivity index (χ1n) is 6.95. The fourth-order valence-electron chi connectivity index (χ4n) is 2.34. The Labute approximate surface area is 132 Å². The van der Waals surface area contributed by atoms with Gasteiger partial charge in [-0.25, -0.2) is 4.98 Å². The topological polar surface area (TPSA) is 54.0 Å². The van der Waals surface area contributed by atoms with Crippen LogP contribution in [0.4, 0.5) is 0 Å². The fourth-order valence-corrected chi connectivity index (χ4v) is 3.27. The molecule has 0 bridgehead atoms. The van der Waals surface area contributed by atoms with E-state index in [9.17, 15) is 4.79 Å². The van der Waals surface area contributed by atoms with Gasteiger partial charge in [-0.1, -0.05) is 23.7 Å². The van der Waals surface area contributed by atoms with Gasteiger partial charge in [0.2, 0.25) is 0 Å². The molecule has 1 fully saturated rings. The number of halogens is 1. The third kappa shape index (κ3) is 3.61. The number of benzene rings is 1. The van der Waals surface area contributed by atoms with Gasteiger partial charge in [0.15, 0.2) is 0 Å². The minimum absolute atomic E-state index is 0.0971. The number of amides is 1. The molecule has 1 aliphatic heterocycles. The van der Waals surface area contributed by atoms with Crippen molar-refractivity contribution in [1.82, 2.24) is 15.6 Å². The molecule has 1 amide bonds. The third-order valence-corrected chi connectivity index (χ3v) is 4.60. The maximum atomic E-state index is 12.2. The van der Waals surface area contributed by atoms with Gasteiger partial charge in [-0.3, -0.25) is 4.79 Å². The van der Waals surface area contributed by atoms with Crippen LogP contribution in [0.15, 0.2) is 29.6 Å². The number of hydrogen-bond acceptors (Lipinski definition) is 4. The summed E-state index contributed by atoms with van der Waals surface area (Å²) in [6.07, 6.45) is 2.12. The Kier molecular flexibility index (Phi) is 4.53. The molecule has 110 valence electrons. The Balaban J connectivity index is 1.69. The van der Waals surface area contributed by atoms with Crippen LogP contribution in [0, 0.1) is 0 Å². The molecule has 4 nitrogen and oxygen atoms in total. The van der Waals surface area contributed by atoms with Crippen molar-refractivity contribution in [2.45, 2.75) is 18.9 Å². The molecule has 0 aliphatic carbocycles. The summed E-state index contributed by atoms with van der Waals surface area (Å²) in [6, 6.07) is 7.67. The van der Waals surface area contributed by atoms with Crippen LogP contribution in [0.25, 0.3) is 10.6 Å². The molecule has 1 aliphatic rings. The Morgan fingerprint density at radius 3 is 2.90 bits per heavy atom. The first-order chi connectivity index (χ1) is 10.2. The average Bonchev–Trinajstić information content (AvgIpc) is 2.99. The smallest absolute Gasteiger partial charge is 0.271 e. The second kappa shape index (κ2) is 6.56. The van der Waals surface area contributed by atoms with E-state index in [4.69, 9.17) is 11.6 Å². The van der Waals surface area contributed by atoms with Crippen LogP contribution in [0.3, 0.4) is 0 Å². The van der Waals surface area contributed by atoms with E-state index in [2.05, 4.69) is 15.6 Å². The number of carbonyl (C=O) groups excluding carboxylic acids is 1. The van der Waals surface area contributed by atoms with E-state index in [0.29, 0.717) is 10.7 Å². The summed E-state index contributed by atoms with van der Waals surface area (Å²) in [7, 11) is 0. The number of piperidine rings is 1. The fraction of sp³-hybridized carbons (Fsp3) is 0.333. The molecule has 21 heavy (non-hydrogen) atoms. The number of thiazole rings is 1. The van der Waals surface area contributed by atoms with Gasteiger partial charge in [0.1, 0.15) is 10.7 Å². The van der Waals surface area contributed by atoms with Gasteiger partial charge in [0.25, 0.3) is 5.91 Å². The van der Waals surface area contributed by atoms with Crippen LogP contribution in [-0.4, -0.2) is 30.0 Å². The van der Waals surface area contributed by atoms with Gasteiger partial charge >= 0.3 is 0 Å². The van der Waals surface area contributed by atoms with Gasteiger partial charge in [-0.05, 0) is 31.5 Å². The average molecular weight is 322 g/mol. The van der Waals surface area contributed by atoms with E-state index in [1.807, 2.05) is 24.3 Å². The molecule has 0 radical (unpaired) electrons. The monoisotopic (exact) mass is 321 g/mol. The summed E-state index contributed by atoms with van der Waals surface area (Å²) >= 11 is 7.34. The Hall–Kier alpha value is -1.43. The van der Waals surface area contributed by atoms with E-state index < -0.39 is 0 Å². The van der Waals surface area contributed by atoms with Gasteiger partial charge in [0, 0.05) is 28.6 Å². The van der Waals surface area contributed by atoms with E-state index in [1.165, 1.54) is 11.3 Å². The lowest BCUT2D eigenvalue weighted by Gasteiger charge is -2.23. The Bertz CT molecular complexity index is 620. The van der Waals surface area contributed by atoms with Gasteiger partial charge in [-0.15, -0.1) is 11.3 Å². The highest BCUT2D eigenvalue weighted by atomic mass is 35.5. The molecule has 6 heteroatoms. The van der Waals surface area contributed by atoms with Gasteiger partial charge in [0.05, 0.1) is 0 Å². The van der Waals surface area contributed by atoms with Crippen molar-refractivity contribution in [2.75, 3.05) is 13.1 Å². The zero-order valence-electron chi connectivity index (χ0n) is 11.4. The quantitative estimate of drug-likeness (QED) is 0.914. The maximum absolute atomic E-state index is 12.2. The summed E-state index contributed by atoms with van der Waals surface area (Å²) in [6.45, 7) is 1.86. The molecule has 0 saturated carbocycles. The minimum atomic E-state index is -0.0971. The first-order valence-corrected chi connectivity index (χ1v) is 8.21. The highest BCUT2D eigenvalue weighted by Gasteiger charge is 2.18. The molecule has 2 aromatic rings. The predicted molar refractivity (Wildman–Crippen MR) is 85.9 cm³/mol. The number of rotatable bonds is 3. The highest BCUT2D eigenvalue weighted by Crippen LogP contribution is 2.25. The maximum Gasteiger partial charge on any atom is 0.271 e. The summed E-state index contributed by atoms with van der Waals surface area (Å²) in [4.78, 5) is 16.6. The van der Waals surface area contributed by atoms with Crippen molar-refractivity contribution in [1.29, 1.82) is 0 Å². The SMILES string of the molecule is O=C(NC1CCCNC1)c1csc(-c2ccc(Cl)cc2)n1. The van der Waals surface area contributed by atoms with Crippen LogP contribution in [-0.2, 0) is 0 Å². The van der Waals surface area contributed by atoms with E-state index in [1.54, 1.807) is 5.38 Å². The molecular formula is C15H16ClN3OS. The number of aromatic nitrogens is 1. The van der Waals surface area contributed by atoms with E-state index in [-0.39, 0.29) is 11.9 Å². The summed E-state index contributed by atoms with van der Waals surface area (Å²) in [5.41, 5.74) is 1.46. The van der Waals surface area contributed by atoms with E-state index in [0.717, 1.165) is 36.5 Å². The first kappa shape index (κ1) is 14.5. The molecule has 2 heterocycles. The van der Waals surface area contributed by atoms with Crippen molar-refractivity contribution in [2.24, 2.45) is 0 Å². The molecule has 1 atom stereocenters. The summed E-state index contributed by atoms with van der Waals surface area (Å²) < 4.78 is 0. The lowest BCUT2D eigenvalue weighted by Crippen LogP contribution is -2.45. The van der Waals surface area contributed by atoms with Crippen LogP contribution >= 0.6 is 22.9 Å². The minimum Gasteiger partial charge on any atom is -0.347 e. The largest absolute Gasteiger partial charge is 0.347 e. The van der Waals surface area contributed by atoms with Crippen molar-refractivity contribution >= 4 is 28.8 Å². The molecule has 1 aromatic heterocycles. The van der Waals surface area contributed by atoms with Crippen LogP contribution in [0.2, 0.25) is 5.02 Å². The third-order valence-electron chi connectivity index (χ3n) is 3.46. The Morgan fingerprint density at radius 2 is 2.19 bits per heavy atom. The van der Waals surface area contributed by atoms with Crippen molar-refractivity contribution in [3.63, 3.8) is 0 Å². The molecule has 1 aromatic carbocycles. The normalized spacial score (nSPS) is 18.4. The van der Waals surface area contributed by atoms with Crippen molar-refractivity contribution in [3.8, 4) is 10.6 Å². The zero-order valence-corrected chi connectivity index (χ0v) is 13.0. The zero-order chi connectivity index (χ0) is 14.7. The summed E-state index contributed by atoms with van der Waals surface area (Å²) in [5, 5.41) is 9.64. The number of nitrogens with zero attached hydrogens (tertiary/aromatic N) is 1. The standard InChI is InChI=1S/C15H16ClN3OS/c16-11-5-3-10(4-6-11)15-19-13(9-21-15)14(20)18-12-2-1-7-17-8-12/h3-6,9,12,17H,1-2,7-8H2,(H,18,20).